The van der Waals surface area contributed by atoms with E-state index < -0.39 is 0 Å². The number of benzene rings is 2. The average molecular weight is 349 g/mol. The number of phenolic OH excluding ortho intramolecular Hbond substituents is 1. The van der Waals surface area contributed by atoms with Crippen LogP contribution in [0.4, 0.5) is 5.69 Å². The zero-order valence-corrected chi connectivity index (χ0v) is 14.6. The lowest BCUT2D eigenvalue weighted by Gasteiger charge is -2.28. The molecule has 0 radical (unpaired) electrons. The molecule has 1 unspecified atom stereocenters. The van der Waals surface area contributed by atoms with Crippen LogP contribution in [0.15, 0.2) is 48.8 Å². The van der Waals surface area contributed by atoms with Crippen molar-refractivity contribution in [2.75, 3.05) is 12.4 Å². The fourth-order valence-electron chi connectivity index (χ4n) is 3.45. The summed E-state index contributed by atoms with van der Waals surface area (Å²) in [6, 6.07) is 11.2. The number of nitrogens with one attached hydrogen (secondary N) is 1. The first-order chi connectivity index (χ1) is 12.6. The second-order valence-corrected chi connectivity index (χ2v) is 6.41. The van der Waals surface area contributed by atoms with E-state index >= 15 is 0 Å². The van der Waals surface area contributed by atoms with Crippen LogP contribution < -0.4 is 10.1 Å². The van der Waals surface area contributed by atoms with Crippen molar-refractivity contribution in [3.8, 4) is 17.2 Å². The zero-order chi connectivity index (χ0) is 18.3. The summed E-state index contributed by atoms with van der Waals surface area (Å²) in [5.74, 6) is 0.647. The minimum absolute atomic E-state index is 0.0833. The van der Waals surface area contributed by atoms with Gasteiger partial charge in [0.25, 0.3) is 0 Å². The van der Waals surface area contributed by atoms with Crippen LogP contribution in [0, 0.1) is 6.92 Å². The molecule has 1 atom stereocenters. The van der Waals surface area contributed by atoms with Gasteiger partial charge in [-0.3, -0.25) is 4.79 Å². The summed E-state index contributed by atoms with van der Waals surface area (Å²) in [5, 5.41) is 17.2. The van der Waals surface area contributed by atoms with Gasteiger partial charge in [-0.2, -0.15) is 5.10 Å². The molecular formula is C20H19N3O3. The first-order valence-electron chi connectivity index (χ1n) is 8.38. The van der Waals surface area contributed by atoms with Crippen molar-refractivity contribution in [1.82, 2.24) is 9.78 Å². The van der Waals surface area contributed by atoms with Crippen molar-refractivity contribution in [1.29, 1.82) is 0 Å². The molecule has 1 aliphatic rings. The van der Waals surface area contributed by atoms with Gasteiger partial charge in [-0.05, 0) is 53.9 Å². The number of fused-ring (bicyclic) bond motifs is 1. The molecule has 1 aliphatic heterocycles. The molecule has 3 aromatic rings. The van der Waals surface area contributed by atoms with Gasteiger partial charge in [0.05, 0.1) is 12.8 Å². The van der Waals surface area contributed by atoms with Crippen molar-refractivity contribution >= 4 is 11.6 Å². The molecule has 2 heterocycles. The highest BCUT2D eigenvalue weighted by Gasteiger charge is 2.30. The minimum atomic E-state index is -0.160. The quantitative estimate of drug-likeness (QED) is 0.760. The van der Waals surface area contributed by atoms with Crippen LogP contribution in [0.3, 0.4) is 0 Å². The molecule has 2 aromatic carbocycles. The first kappa shape index (κ1) is 16.2. The van der Waals surface area contributed by atoms with Crippen LogP contribution in [0.5, 0.6) is 11.5 Å². The Kier molecular flexibility index (Phi) is 3.88. The minimum Gasteiger partial charge on any atom is -0.508 e. The van der Waals surface area contributed by atoms with Crippen LogP contribution >= 0.6 is 0 Å². The molecule has 0 bridgehead atoms. The predicted molar refractivity (Wildman–Crippen MR) is 98.0 cm³/mol. The van der Waals surface area contributed by atoms with E-state index in [1.165, 1.54) is 0 Å². The SMILES string of the molecule is COc1ccc(-n2cccn2)c(C2CC(=O)Nc3cc(O)c(C)cc32)c1. The molecule has 132 valence electrons. The predicted octanol–water partition coefficient (Wildman–Crippen LogP) is 3.37. The molecular weight excluding hydrogens is 330 g/mol. The molecule has 0 saturated carbocycles. The molecule has 0 aliphatic carbocycles. The van der Waals surface area contributed by atoms with Crippen LogP contribution in [0.1, 0.15) is 29.0 Å². The van der Waals surface area contributed by atoms with Gasteiger partial charge in [0, 0.05) is 36.5 Å². The van der Waals surface area contributed by atoms with Gasteiger partial charge in [0.1, 0.15) is 11.5 Å². The highest BCUT2D eigenvalue weighted by atomic mass is 16.5. The van der Waals surface area contributed by atoms with Gasteiger partial charge in [0.2, 0.25) is 5.91 Å². The average Bonchev–Trinajstić information content (AvgIpc) is 3.16. The summed E-state index contributed by atoms with van der Waals surface area (Å²) in [5.41, 5.74) is 4.24. The van der Waals surface area contributed by atoms with Crippen molar-refractivity contribution in [3.63, 3.8) is 0 Å². The Morgan fingerprint density at radius 1 is 1.27 bits per heavy atom. The van der Waals surface area contributed by atoms with Gasteiger partial charge >= 0.3 is 0 Å². The Hall–Kier alpha value is -3.28. The summed E-state index contributed by atoms with van der Waals surface area (Å²) in [6.07, 6.45) is 3.91. The van der Waals surface area contributed by atoms with Crippen molar-refractivity contribution in [2.45, 2.75) is 19.3 Å². The van der Waals surface area contributed by atoms with Crippen molar-refractivity contribution in [3.05, 3.63) is 65.5 Å². The number of aromatic nitrogens is 2. The number of rotatable bonds is 3. The normalized spacial score (nSPS) is 16.1. The Balaban J connectivity index is 1.93. The lowest BCUT2D eigenvalue weighted by Crippen LogP contribution is -2.24. The Bertz CT molecular complexity index is 980. The van der Waals surface area contributed by atoms with Gasteiger partial charge in [-0.1, -0.05) is 0 Å². The topological polar surface area (TPSA) is 76.4 Å². The summed E-state index contributed by atoms with van der Waals surface area (Å²) in [4.78, 5) is 12.3. The van der Waals surface area contributed by atoms with Gasteiger partial charge < -0.3 is 15.2 Å². The van der Waals surface area contributed by atoms with E-state index in [-0.39, 0.29) is 17.6 Å². The van der Waals surface area contributed by atoms with E-state index in [0.717, 1.165) is 28.1 Å². The third-order valence-corrected chi connectivity index (χ3v) is 4.77. The molecule has 4 rings (SSSR count). The lowest BCUT2D eigenvalue weighted by molar-refractivity contribution is -0.116. The van der Waals surface area contributed by atoms with E-state index in [1.807, 2.05) is 43.5 Å². The molecule has 0 spiro atoms. The number of amides is 1. The summed E-state index contributed by atoms with van der Waals surface area (Å²) >= 11 is 0. The van der Waals surface area contributed by atoms with E-state index in [2.05, 4.69) is 10.4 Å². The second-order valence-electron chi connectivity index (χ2n) is 6.41. The summed E-state index contributed by atoms with van der Waals surface area (Å²) < 4.78 is 7.19. The number of carbonyl (C=O) groups excluding carboxylic acids is 1. The third kappa shape index (κ3) is 2.69. The maximum atomic E-state index is 12.3. The maximum Gasteiger partial charge on any atom is 0.225 e. The number of methoxy groups -OCH3 is 1. The lowest BCUT2D eigenvalue weighted by atomic mass is 9.83. The van der Waals surface area contributed by atoms with E-state index in [1.54, 1.807) is 24.1 Å². The van der Waals surface area contributed by atoms with E-state index in [9.17, 15) is 9.90 Å². The fraction of sp³-hybridized carbons (Fsp3) is 0.200. The number of hydrogen-bond donors (Lipinski definition) is 2. The number of phenols is 1. The monoisotopic (exact) mass is 349 g/mol. The van der Waals surface area contributed by atoms with Crippen LogP contribution in [-0.4, -0.2) is 27.9 Å². The van der Waals surface area contributed by atoms with Crippen molar-refractivity contribution < 1.29 is 14.6 Å². The number of carbonyl (C=O) groups is 1. The molecule has 1 aromatic heterocycles. The first-order valence-corrected chi connectivity index (χ1v) is 8.38. The summed E-state index contributed by atoms with van der Waals surface area (Å²) in [6.45, 7) is 1.85. The highest BCUT2D eigenvalue weighted by Crippen LogP contribution is 2.42. The zero-order valence-electron chi connectivity index (χ0n) is 14.6. The number of ether oxygens (including phenoxy) is 1. The largest absolute Gasteiger partial charge is 0.508 e. The molecule has 26 heavy (non-hydrogen) atoms. The Morgan fingerprint density at radius 3 is 2.85 bits per heavy atom. The second kappa shape index (κ2) is 6.22. The molecule has 1 amide bonds. The van der Waals surface area contributed by atoms with Gasteiger partial charge in [-0.25, -0.2) is 4.68 Å². The van der Waals surface area contributed by atoms with Crippen LogP contribution in [-0.2, 0) is 4.79 Å². The van der Waals surface area contributed by atoms with Crippen LogP contribution in [0.25, 0.3) is 5.69 Å². The maximum absolute atomic E-state index is 12.3. The number of aryl methyl sites for hydroxylation is 1. The number of anilines is 1. The highest BCUT2D eigenvalue weighted by molar-refractivity contribution is 5.96. The fourth-order valence-corrected chi connectivity index (χ4v) is 3.45. The van der Waals surface area contributed by atoms with E-state index in [4.69, 9.17) is 4.74 Å². The summed E-state index contributed by atoms with van der Waals surface area (Å²) in [7, 11) is 1.62. The molecule has 0 fully saturated rings. The van der Waals surface area contributed by atoms with Crippen LogP contribution in [0.2, 0.25) is 0 Å². The van der Waals surface area contributed by atoms with Gasteiger partial charge in [0.15, 0.2) is 0 Å². The molecule has 6 nitrogen and oxygen atoms in total. The van der Waals surface area contributed by atoms with Gasteiger partial charge in [-0.15, -0.1) is 0 Å². The molecule has 0 saturated heterocycles. The Morgan fingerprint density at radius 2 is 2.12 bits per heavy atom. The molecule has 6 heteroatoms. The number of hydrogen-bond acceptors (Lipinski definition) is 4. The Labute approximate surface area is 151 Å². The smallest absolute Gasteiger partial charge is 0.225 e. The van der Waals surface area contributed by atoms with E-state index in [0.29, 0.717) is 12.1 Å². The van der Waals surface area contributed by atoms with Crippen molar-refractivity contribution in [2.24, 2.45) is 0 Å². The third-order valence-electron chi connectivity index (χ3n) is 4.77. The standard InChI is InChI=1S/C20H19N3O3/c1-12-8-15-14(10-20(25)22-17(15)11-19(12)24)16-9-13(26-2)4-5-18(16)23-7-3-6-21-23/h3-9,11,14,24H,10H2,1-2H3,(H,22,25). The number of aromatic hydroxyl groups is 1. The number of nitrogens with zero attached hydrogens (tertiary/aromatic N) is 2. The molecule has 2 N–H and O–H groups in total.